The third kappa shape index (κ3) is 0.755. The molecule has 0 nitrogen and oxygen atoms in total. The van der Waals surface area contributed by atoms with Crippen LogP contribution in [0.15, 0.2) is 0 Å². The van der Waals surface area contributed by atoms with Gasteiger partial charge in [0.15, 0.2) is 0 Å². The first-order valence-corrected chi connectivity index (χ1v) is 2.20. The van der Waals surface area contributed by atoms with Gasteiger partial charge in [0.2, 0.25) is 0 Å². The molecule has 0 amide bonds. The van der Waals surface area contributed by atoms with Crippen LogP contribution < -0.4 is 0 Å². The van der Waals surface area contributed by atoms with E-state index in [9.17, 15) is 0 Å². The predicted octanol–water partition coefficient (Wildman–Crippen LogP) is 1.38. The first kappa shape index (κ1) is 3.74. The Bertz CT molecular complexity index is 72.5. The molecule has 0 aromatic carbocycles. The lowest BCUT2D eigenvalue weighted by Crippen LogP contribution is -1.61. The zero-order valence-electron chi connectivity index (χ0n) is 3.70. The van der Waals surface area contributed by atoms with Gasteiger partial charge in [-0.25, -0.2) is 0 Å². The largest absolute Gasteiger partial charge is 0.120 e. The van der Waals surface area contributed by atoms with Crippen LogP contribution in [0.1, 0.15) is 19.3 Å². The molecule has 6 heavy (non-hydrogen) atoms. The summed E-state index contributed by atoms with van der Waals surface area (Å²) in [5.74, 6) is 4.15. The lowest BCUT2D eigenvalue weighted by molar-refractivity contribution is 1.23. The molecule has 1 saturated carbocycles. The fourth-order valence-corrected chi connectivity index (χ4v) is 0.410. The smallest absolute Gasteiger partial charge is 0.0148 e. The summed E-state index contributed by atoms with van der Waals surface area (Å²) in [5.41, 5.74) is 0. The first-order chi connectivity index (χ1) is 2.93. The topological polar surface area (TPSA) is 0 Å². The lowest BCUT2D eigenvalue weighted by atomic mass is 10.3. The monoisotopic (exact) mass is 79.1 g/mol. The van der Waals surface area contributed by atoms with Gasteiger partial charge in [-0.2, -0.15) is 0 Å². The number of hydrogen-bond donors (Lipinski definition) is 0. The molecular formula is C6H7. The van der Waals surface area contributed by atoms with Crippen molar-refractivity contribution in [3.8, 4) is 12.3 Å². The summed E-state index contributed by atoms with van der Waals surface area (Å²) in [7, 11) is 0. The zero-order chi connectivity index (χ0) is 4.41. The second kappa shape index (κ2) is 1.34. The lowest BCUT2D eigenvalue weighted by Gasteiger charge is -1.73. The van der Waals surface area contributed by atoms with E-state index in [-0.39, 0.29) is 0 Å². The van der Waals surface area contributed by atoms with E-state index in [1.165, 1.54) is 12.8 Å². The first-order valence-electron chi connectivity index (χ1n) is 2.20. The standard InChI is InChI=1S/C6H7/c1-2-3-6-4-5-6/h1H,3-5H2. The van der Waals surface area contributed by atoms with Gasteiger partial charge < -0.3 is 0 Å². The summed E-state index contributed by atoms with van der Waals surface area (Å²) in [6.45, 7) is 0. The van der Waals surface area contributed by atoms with Gasteiger partial charge in [0.25, 0.3) is 0 Å². The second-order valence-electron chi connectivity index (χ2n) is 1.63. The van der Waals surface area contributed by atoms with Gasteiger partial charge in [0.05, 0.1) is 0 Å². The van der Waals surface area contributed by atoms with Crippen molar-refractivity contribution in [2.75, 3.05) is 0 Å². The van der Waals surface area contributed by atoms with Crippen molar-refractivity contribution in [2.24, 2.45) is 0 Å². The molecule has 31 valence electrons. The zero-order valence-corrected chi connectivity index (χ0v) is 3.70. The molecule has 0 N–H and O–H groups in total. The van der Waals surface area contributed by atoms with E-state index in [4.69, 9.17) is 6.42 Å². The number of terminal acetylenes is 1. The van der Waals surface area contributed by atoms with Crippen molar-refractivity contribution in [3.63, 3.8) is 0 Å². The van der Waals surface area contributed by atoms with Crippen LogP contribution in [-0.2, 0) is 0 Å². The molecule has 1 aliphatic carbocycles. The van der Waals surface area contributed by atoms with Gasteiger partial charge in [0, 0.05) is 6.42 Å². The third-order valence-corrected chi connectivity index (χ3v) is 0.956. The fraction of sp³-hybridized carbons (Fsp3) is 0.500. The molecule has 0 spiro atoms. The Morgan fingerprint density at radius 1 is 1.67 bits per heavy atom. The van der Waals surface area contributed by atoms with Crippen LogP contribution >= 0.6 is 0 Å². The van der Waals surface area contributed by atoms with Gasteiger partial charge >= 0.3 is 0 Å². The predicted molar refractivity (Wildman–Crippen MR) is 25.9 cm³/mol. The summed E-state index contributed by atoms with van der Waals surface area (Å²) < 4.78 is 0. The van der Waals surface area contributed by atoms with E-state index >= 15 is 0 Å². The SMILES string of the molecule is C#CC[C]1CC1. The summed E-state index contributed by atoms with van der Waals surface area (Å²) in [6, 6.07) is 0. The number of rotatable bonds is 1. The van der Waals surface area contributed by atoms with E-state index in [0.29, 0.717) is 0 Å². The molecule has 0 heteroatoms. The van der Waals surface area contributed by atoms with Crippen molar-refractivity contribution in [3.05, 3.63) is 5.92 Å². The molecule has 0 unspecified atom stereocenters. The normalized spacial score (nSPS) is 19.8. The number of hydrogen-bond acceptors (Lipinski definition) is 0. The minimum absolute atomic E-state index is 0.931. The molecule has 0 aromatic heterocycles. The molecule has 0 aliphatic heterocycles. The average Bonchev–Trinajstić information content (AvgIpc) is 2.21. The molecular weight excluding hydrogens is 72.1 g/mol. The molecule has 1 aliphatic rings. The molecule has 1 rings (SSSR count). The maximum Gasteiger partial charge on any atom is 0.0148 e. The van der Waals surface area contributed by atoms with Gasteiger partial charge in [-0.05, 0) is 18.8 Å². The highest BCUT2D eigenvalue weighted by Gasteiger charge is 2.19. The van der Waals surface area contributed by atoms with Crippen LogP contribution in [0.5, 0.6) is 0 Å². The second-order valence-corrected chi connectivity index (χ2v) is 1.63. The molecule has 0 atom stereocenters. The Balaban J connectivity index is 2.05. The Morgan fingerprint density at radius 2 is 2.33 bits per heavy atom. The molecule has 0 bridgehead atoms. The third-order valence-electron chi connectivity index (χ3n) is 0.956. The van der Waals surface area contributed by atoms with Crippen LogP contribution in [0.25, 0.3) is 0 Å². The Kier molecular flexibility index (Phi) is 0.837. The van der Waals surface area contributed by atoms with Crippen LogP contribution in [0, 0.1) is 18.3 Å². The van der Waals surface area contributed by atoms with E-state index in [2.05, 4.69) is 5.92 Å². The van der Waals surface area contributed by atoms with Crippen molar-refractivity contribution >= 4 is 0 Å². The van der Waals surface area contributed by atoms with Gasteiger partial charge in [-0.3, -0.25) is 0 Å². The van der Waals surface area contributed by atoms with Gasteiger partial charge in [0.1, 0.15) is 0 Å². The Labute approximate surface area is 38.6 Å². The summed E-state index contributed by atoms with van der Waals surface area (Å²) in [5, 5.41) is 0. The Hall–Kier alpha value is -0.440. The van der Waals surface area contributed by atoms with Crippen LogP contribution in [-0.4, -0.2) is 0 Å². The highest BCUT2D eigenvalue weighted by atomic mass is 14.2. The van der Waals surface area contributed by atoms with Crippen molar-refractivity contribution in [1.82, 2.24) is 0 Å². The summed E-state index contributed by atoms with van der Waals surface area (Å²) >= 11 is 0. The minimum atomic E-state index is 0.931. The minimum Gasteiger partial charge on any atom is -0.120 e. The van der Waals surface area contributed by atoms with Gasteiger partial charge in [-0.1, -0.05) is 0 Å². The van der Waals surface area contributed by atoms with E-state index in [0.717, 1.165) is 6.42 Å². The average molecular weight is 79.1 g/mol. The van der Waals surface area contributed by atoms with Crippen molar-refractivity contribution in [1.29, 1.82) is 0 Å². The fourth-order valence-electron chi connectivity index (χ4n) is 0.410. The van der Waals surface area contributed by atoms with E-state index in [1.54, 1.807) is 5.92 Å². The maximum absolute atomic E-state index is 5.00. The molecule has 1 fully saturated rings. The quantitative estimate of drug-likeness (QED) is 0.416. The van der Waals surface area contributed by atoms with Crippen LogP contribution in [0.2, 0.25) is 0 Å². The molecule has 0 aromatic rings. The van der Waals surface area contributed by atoms with Crippen LogP contribution in [0.4, 0.5) is 0 Å². The molecule has 0 saturated heterocycles. The molecule has 0 heterocycles. The van der Waals surface area contributed by atoms with Crippen LogP contribution in [0.3, 0.4) is 0 Å². The van der Waals surface area contributed by atoms with Crippen molar-refractivity contribution < 1.29 is 0 Å². The van der Waals surface area contributed by atoms with Crippen molar-refractivity contribution in [2.45, 2.75) is 19.3 Å². The maximum atomic E-state index is 5.00. The highest BCUT2D eigenvalue weighted by molar-refractivity contribution is 5.12. The van der Waals surface area contributed by atoms with E-state index < -0.39 is 0 Å². The summed E-state index contributed by atoms with van der Waals surface area (Å²) in [6.07, 6.45) is 8.52. The Morgan fingerprint density at radius 3 is 2.50 bits per heavy atom. The van der Waals surface area contributed by atoms with E-state index in [1.807, 2.05) is 0 Å². The highest BCUT2D eigenvalue weighted by Crippen LogP contribution is 2.34. The molecule has 1 radical (unpaired) electrons. The summed E-state index contributed by atoms with van der Waals surface area (Å²) in [4.78, 5) is 0. The van der Waals surface area contributed by atoms with Gasteiger partial charge in [-0.15, -0.1) is 12.3 Å².